The van der Waals surface area contributed by atoms with Crippen molar-refractivity contribution < 1.29 is 4.79 Å². The van der Waals surface area contributed by atoms with E-state index in [1.165, 1.54) is 44.9 Å². The van der Waals surface area contributed by atoms with Crippen molar-refractivity contribution in [2.45, 2.75) is 105 Å². The van der Waals surface area contributed by atoms with Crippen LogP contribution in [0.1, 0.15) is 98.8 Å². The van der Waals surface area contributed by atoms with Crippen LogP contribution in [0, 0.1) is 0 Å². The lowest BCUT2D eigenvalue weighted by atomic mass is 10.1. The van der Waals surface area contributed by atoms with E-state index in [0.717, 1.165) is 32.2 Å². The molecule has 0 spiro atoms. The zero-order valence-corrected chi connectivity index (χ0v) is 16.8. The third-order valence-corrected chi connectivity index (χ3v) is 3.02. The Bertz CT molecular complexity index is 167. The predicted molar refractivity (Wildman–Crippen MR) is 108 cm³/mol. The minimum absolute atomic E-state index is 0.288. The number of carbonyl (C=O) groups excluding carboxylic acids is 1. The maximum Gasteiger partial charge on any atom is 0.207 e. The molecular formula is C20H46N2O. The molecule has 0 saturated heterocycles. The fourth-order valence-corrected chi connectivity index (χ4v) is 1.78. The van der Waals surface area contributed by atoms with Crippen molar-refractivity contribution in [3.63, 3.8) is 0 Å². The van der Waals surface area contributed by atoms with E-state index in [9.17, 15) is 4.79 Å². The second kappa shape index (κ2) is 37.4. The number of nitrogens with two attached hydrogens (primary N) is 1. The Hall–Kier alpha value is -0.830. The molecular weight excluding hydrogens is 284 g/mol. The van der Waals surface area contributed by atoms with Crippen LogP contribution >= 0.6 is 0 Å². The summed E-state index contributed by atoms with van der Waals surface area (Å²) < 4.78 is 0. The molecule has 0 aromatic heterocycles. The summed E-state index contributed by atoms with van der Waals surface area (Å²) in [5, 5.41) is 2.60. The lowest BCUT2D eigenvalue weighted by Gasteiger charge is -2.02. The van der Waals surface area contributed by atoms with Crippen LogP contribution in [0.3, 0.4) is 0 Å². The van der Waals surface area contributed by atoms with E-state index in [-0.39, 0.29) is 6.04 Å². The number of amides is 1. The number of hydrogen-bond donors (Lipinski definition) is 2. The molecule has 142 valence electrons. The molecule has 0 aromatic carbocycles. The monoisotopic (exact) mass is 330 g/mol. The lowest BCUT2D eigenvalue weighted by Crippen LogP contribution is -2.16. The summed E-state index contributed by atoms with van der Waals surface area (Å²) in [4.78, 5) is 9.77. The highest BCUT2D eigenvalue weighted by Crippen LogP contribution is 2.05. The summed E-state index contributed by atoms with van der Waals surface area (Å²) in [5.74, 6) is 0. The molecule has 0 radical (unpaired) electrons. The van der Waals surface area contributed by atoms with Crippen molar-refractivity contribution >= 4 is 6.41 Å². The summed E-state index contributed by atoms with van der Waals surface area (Å²) in [7, 11) is 0. The Kier molecular flexibility index (Phi) is 49.0. The number of rotatable bonds is 12. The summed E-state index contributed by atoms with van der Waals surface area (Å²) >= 11 is 0. The van der Waals surface area contributed by atoms with Crippen LogP contribution in [0.4, 0.5) is 0 Å². The van der Waals surface area contributed by atoms with E-state index in [4.69, 9.17) is 5.73 Å². The van der Waals surface area contributed by atoms with Crippen LogP contribution in [0.15, 0.2) is 13.2 Å². The molecule has 0 aromatic rings. The highest BCUT2D eigenvalue weighted by atomic mass is 16.1. The summed E-state index contributed by atoms with van der Waals surface area (Å²) in [6.45, 7) is 17.3. The predicted octanol–water partition coefficient (Wildman–Crippen LogP) is 5.84. The van der Waals surface area contributed by atoms with E-state index in [0.29, 0.717) is 0 Å². The van der Waals surface area contributed by atoms with E-state index >= 15 is 0 Å². The molecule has 3 nitrogen and oxygen atoms in total. The number of carbonyl (C=O) groups is 1. The zero-order chi connectivity index (χ0) is 18.8. The number of nitrogens with one attached hydrogen (secondary N) is 1. The largest absolute Gasteiger partial charge is 0.359 e. The maximum atomic E-state index is 9.77. The molecule has 3 N–H and O–H groups in total. The van der Waals surface area contributed by atoms with Gasteiger partial charge in [0.2, 0.25) is 6.41 Å². The van der Waals surface area contributed by atoms with Crippen LogP contribution in [-0.4, -0.2) is 19.0 Å². The van der Waals surface area contributed by atoms with E-state index in [1.807, 2.05) is 20.8 Å². The van der Waals surface area contributed by atoms with E-state index in [1.54, 1.807) is 0 Å². The maximum absolute atomic E-state index is 9.77. The van der Waals surface area contributed by atoms with Gasteiger partial charge in [0, 0.05) is 12.6 Å². The van der Waals surface area contributed by atoms with Crippen molar-refractivity contribution in [1.82, 2.24) is 5.32 Å². The Balaban J connectivity index is -0.000000129. The van der Waals surface area contributed by atoms with Gasteiger partial charge in [0.1, 0.15) is 0 Å². The first kappa shape index (κ1) is 30.1. The smallest absolute Gasteiger partial charge is 0.207 e. The number of unbranched alkanes of at least 4 members (excludes halogenated alkanes) is 7. The lowest BCUT2D eigenvalue weighted by molar-refractivity contribution is -0.109. The molecule has 3 heteroatoms. The second-order valence-corrected chi connectivity index (χ2v) is 5.31. The van der Waals surface area contributed by atoms with Gasteiger partial charge in [-0.3, -0.25) is 4.79 Å². The van der Waals surface area contributed by atoms with Crippen molar-refractivity contribution in [2.75, 3.05) is 6.54 Å². The molecule has 0 heterocycles. The van der Waals surface area contributed by atoms with Crippen molar-refractivity contribution in [3.05, 3.63) is 13.2 Å². The molecule has 1 amide bonds. The van der Waals surface area contributed by atoms with Gasteiger partial charge in [0.15, 0.2) is 0 Å². The van der Waals surface area contributed by atoms with Crippen LogP contribution in [0.2, 0.25) is 0 Å². The standard InChI is InChI=1S/C9H20.C7H16N2O.C2H6.C2H4/c1-3-5-7-9-8-6-4-2;1-7(8)4-2-3-5-9-6-10;2*1-2/h3-9H2,1-2H3;6-7H,2-5,8H2,1H3,(H,9,10);1-2H3;1-2H2/t;7-;;/m.1../s1. The molecule has 0 bridgehead atoms. The minimum Gasteiger partial charge on any atom is -0.359 e. The molecule has 23 heavy (non-hydrogen) atoms. The van der Waals surface area contributed by atoms with Gasteiger partial charge in [0.05, 0.1) is 0 Å². The quantitative estimate of drug-likeness (QED) is 0.268. The first-order valence-corrected chi connectivity index (χ1v) is 9.61. The third kappa shape index (κ3) is 52.5. The fraction of sp³-hybridized carbons (Fsp3) is 0.850. The summed E-state index contributed by atoms with van der Waals surface area (Å²) in [5.41, 5.74) is 5.52. The van der Waals surface area contributed by atoms with E-state index in [2.05, 4.69) is 32.3 Å². The van der Waals surface area contributed by atoms with Gasteiger partial charge < -0.3 is 11.1 Å². The Morgan fingerprint density at radius 1 is 0.913 bits per heavy atom. The molecule has 0 saturated carbocycles. The van der Waals surface area contributed by atoms with Crippen molar-refractivity contribution in [3.8, 4) is 0 Å². The summed E-state index contributed by atoms with van der Waals surface area (Å²) in [6.07, 6.45) is 13.9. The topological polar surface area (TPSA) is 55.1 Å². The second-order valence-electron chi connectivity index (χ2n) is 5.31. The minimum atomic E-state index is 0.288. The van der Waals surface area contributed by atoms with Gasteiger partial charge >= 0.3 is 0 Å². The fourth-order valence-electron chi connectivity index (χ4n) is 1.78. The average molecular weight is 331 g/mol. The Labute approximate surface area is 147 Å². The third-order valence-electron chi connectivity index (χ3n) is 3.02. The SMILES string of the molecule is C=C.CC.CCCCCCCCC.C[C@@H](N)CCCCNC=O. The highest BCUT2D eigenvalue weighted by molar-refractivity contribution is 5.45. The molecule has 0 unspecified atom stereocenters. The molecule has 0 aliphatic carbocycles. The van der Waals surface area contributed by atoms with Gasteiger partial charge in [-0.15, -0.1) is 13.2 Å². The zero-order valence-electron chi connectivity index (χ0n) is 16.8. The molecule has 0 rings (SSSR count). The average Bonchev–Trinajstić information content (AvgIpc) is 2.59. The summed E-state index contributed by atoms with van der Waals surface area (Å²) in [6, 6.07) is 0.288. The van der Waals surface area contributed by atoms with Gasteiger partial charge in [0.25, 0.3) is 0 Å². The van der Waals surface area contributed by atoms with Gasteiger partial charge in [-0.1, -0.05) is 79.1 Å². The van der Waals surface area contributed by atoms with Gasteiger partial charge in [-0.05, 0) is 19.8 Å². The van der Waals surface area contributed by atoms with Gasteiger partial charge in [-0.25, -0.2) is 0 Å². The van der Waals surface area contributed by atoms with Crippen LogP contribution in [0.5, 0.6) is 0 Å². The molecule has 0 fully saturated rings. The van der Waals surface area contributed by atoms with Crippen LogP contribution in [-0.2, 0) is 4.79 Å². The first-order valence-electron chi connectivity index (χ1n) is 9.61. The van der Waals surface area contributed by atoms with Crippen LogP contribution in [0.25, 0.3) is 0 Å². The molecule has 0 aliphatic heterocycles. The van der Waals surface area contributed by atoms with Crippen molar-refractivity contribution in [1.29, 1.82) is 0 Å². The molecule has 1 atom stereocenters. The normalized spacial score (nSPS) is 9.83. The highest BCUT2D eigenvalue weighted by Gasteiger charge is 1.92. The molecule has 0 aliphatic rings. The Morgan fingerprint density at radius 3 is 1.70 bits per heavy atom. The van der Waals surface area contributed by atoms with E-state index < -0.39 is 0 Å². The Morgan fingerprint density at radius 2 is 1.35 bits per heavy atom. The first-order chi connectivity index (χ1) is 11.2. The van der Waals surface area contributed by atoms with Gasteiger partial charge in [-0.2, -0.15) is 0 Å². The number of hydrogen-bond acceptors (Lipinski definition) is 2. The van der Waals surface area contributed by atoms with Crippen LogP contribution < -0.4 is 11.1 Å². The van der Waals surface area contributed by atoms with Crippen molar-refractivity contribution in [2.24, 2.45) is 5.73 Å².